The molecule has 1 unspecified atom stereocenters. The predicted octanol–water partition coefficient (Wildman–Crippen LogP) is 3.49. The maximum absolute atomic E-state index is 12.4. The Kier molecular flexibility index (Phi) is 4.51. The number of nitrogens with two attached hydrogens (primary N) is 1. The Bertz CT molecular complexity index is 616. The number of nitrogens with zero attached hydrogens (tertiary/aromatic N) is 1. The molecule has 0 bridgehead atoms. The van der Waals surface area contributed by atoms with Gasteiger partial charge in [-0.1, -0.05) is 29.8 Å². The van der Waals surface area contributed by atoms with E-state index >= 15 is 0 Å². The van der Waals surface area contributed by atoms with E-state index < -0.39 is 24.0 Å². The Balaban J connectivity index is 2.21. The number of pyridine rings is 1. The molecule has 2 rings (SSSR count). The number of aromatic nitrogens is 1. The van der Waals surface area contributed by atoms with Crippen molar-refractivity contribution in [2.45, 2.75) is 18.3 Å². The van der Waals surface area contributed by atoms with Crippen LogP contribution in [0.1, 0.15) is 29.0 Å². The van der Waals surface area contributed by atoms with Gasteiger partial charge in [0.1, 0.15) is 5.69 Å². The van der Waals surface area contributed by atoms with Crippen molar-refractivity contribution in [3.8, 4) is 0 Å². The van der Waals surface area contributed by atoms with E-state index in [0.29, 0.717) is 16.1 Å². The van der Waals surface area contributed by atoms with Crippen LogP contribution in [-0.4, -0.2) is 10.1 Å². The minimum Gasteiger partial charge on any atom is -0.386 e. The molecule has 0 radical (unpaired) electrons. The number of alkyl halides is 3. The second-order valence-corrected chi connectivity index (χ2v) is 4.94. The topological polar surface area (TPSA) is 59.1 Å². The van der Waals surface area contributed by atoms with E-state index in [4.69, 9.17) is 17.3 Å². The monoisotopic (exact) mass is 316 g/mol. The first-order valence-corrected chi connectivity index (χ1v) is 6.39. The SMILES string of the molecule is N[C@H](c1ccc(C(F)(F)F)nc1)C(O)c1cccc(Cl)c1. The first-order chi connectivity index (χ1) is 9.79. The summed E-state index contributed by atoms with van der Waals surface area (Å²) in [5, 5.41) is 10.6. The van der Waals surface area contributed by atoms with E-state index in [1.165, 1.54) is 6.07 Å². The summed E-state index contributed by atoms with van der Waals surface area (Å²) >= 11 is 5.82. The van der Waals surface area contributed by atoms with Gasteiger partial charge in [0.15, 0.2) is 0 Å². The minimum atomic E-state index is -4.51. The zero-order chi connectivity index (χ0) is 15.6. The summed E-state index contributed by atoms with van der Waals surface area (Å²) in [5.41, 5.74) is 5.64. The van der Waals surface area contributed by atoms with Gasteiger partial charge in [-0.25, -0.2) is 0 Å². The lowest BCUT2D eigenvalue weighted by Crippen LogP contribution is -2.20. The fraction of sp³-hybridized carbons (Fsp3) is 0.214. The van der Waals surface area contributed by atoms with Gasteiger partial charge in [0.25, 0.3) is 0 Å². The van der Waals surface area contributed by atoms with E-state index in [9.17, 15) is 18.3 Å². The second-order valence-electron chi connectivity index (χ2n) is 4.50. The van der Waals surface area contributed by atoms with Crippen LogP contribution >= 0.6 is 11.6 Å². The average Bonchev–Trinajstić information content (AvgIpc) is 2.45. The van der Waals surface area contributed by atoms with Gasteiger partial charge in [-0.3, -0.25) is 4.98 Å². The molecule has 7 heteroatoms. The molecule has 0 spiro atoms. The van der Waals surface area contributed by atoms with Gasteiger partial charge < -0.3 is 10.8 Å². The van der Waals surface area contributed by atoms with Crippen molar-refractivity contribution >= 4 is 11.6 Å². The van der Waals surface area contributed by atoms with Crippen molar-refractivity contribution < 1.29 is 18.3 Å². The maximum atomic E-state index is 12.4. The normalized spacial score (nSPS) is 14.8. The molecule has 3 nitrogen and oxygen atoms in total. The van der Waals surface area contributed by atoms with Crippen LogP contribution in [-0.2, 0) is 6.18 Å². The van der Waals surface area contributed by atoms with Crippen LogP contribution in [0.5, 0.6) is 0 Å². The number of aliphatic hydroxyl groups excluding tert-OH is 1. The molecule has 1 heterocycles. The molecule has 21 heavy (non-hydrogen) atoms. The number of hydrogen-bond acceptors (Lipinski definition) is 3. The largest absolute Gasteiger partial charge is 0.433 e. The molecule has 2 aromatic rings. The van der Waals surface area contributed by atoms with Crippen LogP contribution in [0.4, 0.5) is 13.2 Å². The highest BCUT2D eigenvalue weighted by atomic mass is 35.5. The Morgan fingerprint density at radius 2 is 1.86 bits per heavy atom. The molecule has 1 aromatic carbocycles. The summed E-state index contributed by atoms with van der Waals surface area (Å²) in [6, 6.07) is 7.60. The quantitative estimate of drug-likeness (QED) is 0.911. The zero-order valence-corrected chi connectivity index (χ0v) is 11.4. The molecule has 0 saturated heterocycles. The van der Waals surface area contributed by atoms with Crippen LogP contribution in [0.25, 0.3) is 0 Å². The lowest BCUT2D eigenvalue weighted by Gasteiger charge is -2.20. The lowest BCUT2D eigenvalue weighted by molar-refractivity contribution is -0.141. The first kappa shape index (κ1) is 15.8. The van der Waals surface area contributed by atoms with Gasteiger partial charge in [-0.15, -0.1) is 0 Å². The molecule has 0 amide bonds. The van der Waals surface area contributed by atoms with Crippen molar-refractivity contribution in [3.05, 3.63) is 64.4 Å². The number of aliphatic hydroxyl groups is 1. The van der Waals surface area contributed by atoms with Crippen LogP contribution in [0.3, 0.4) is 0 Å². The molecule has 0 aliphatic rings. The van der Waals surface area contributed by atoms with E-state index in [2.05, 4.69) is 4.98 Å². The molecular weight excluding hydrogens is 305 g/mol. The molecule has 3 N–H and O–H groups in total. The summed E-state index contributed by atoms with van der Waals surface area (Å²) in [4.78, 5) is 3.32. The zero-order valence-electron chi connectivity index (χ0n) is 10.7. The molecule has 0 aliphatic carbocycles. The minimum absolute atomic E-state index is 0.301. The molecule has 2 atom stereocenters. The first-order valence-electron chi connectivity index (χ1n) is 6.01. The van der Waals surface area contributed by atoms with Crippen molar-refractivity contribution in [3.63, 3.8) is 0 Å². The van der Waals surface area contributed by atoms with Crippen molar-refractivity contribution in [1.82, 2.24) is 4.98 Å². The van der Waals surface area contributed by atoms with E-state index in [1.54, 1.807) is 24.3 Å². The number of halogens is 4. The van der Waals surface area contributed by atoms with Crippen LogP contribution in [0.15, 0.2) is 42.6 Å². The van der Waals surface area contributed by atoms with Gasteiger partial charge in [0.2, 0.25) is 0 Å². The summed E-state index contributed by atoms with van der Waals surface area (Å²) in [6.07, 6.45) is -4.59. The third kappa shape index (κ3) is 3.72. The van der Waals surface area contributed by atoms with Gasteiger partial charge in [0.05, 0.1) is 12.1 Å². The van der Waals surface area contributed by atoms with Crippen LogP contribution in [0.2, 0.25) is 5.02 Å². The summed E-state index contributed by atoms with van der Waals surface area (Å²) in [6.45, 7) is 0. The highest BCUT2D eigenvalue weighted by molar-refractivity contribution is 6.30. The Morgan fingerprint density at radius 1 is 1.14 bits per heavy atom. The third-order valence-corrected chi connectivity index (χ3v) is 3.23. The second kappa shape index (κ2) is 6.01. The number of rotatable bonds is 3. The van der Waals surface area contributed by atoms with Crippen LogP contribution < -0.4 is 5.73 Å². The average molecular weight is 317 g/mol. The molecule has 0 fully saturated rings. The lowest BCUT2D eigenvalue weighted by atomic mass is 9.97. The maximum Gasteiger partial charge on any atom is 0.433 e. The van der Waals surface area contributed by atoms with Crippen molar-refractivity contribution in [2.24, 2.45) is 5.73 Å². The smallest absolute Gasteiger partial charge is 0.386 e. The predicted molar refractivity (Wildman–Crippen MR) is 72.6 cm³/mol. The number of benzene rings is 1. The fourth-order valence-electron chi connectivity index (χ4n) is 1.85. The number of hydrogen-bond donors (Lipinski definition) is 2. The van der Waals surface area contributed by atoms with Crippen molar-refractivity contribution in [1.29, 1.82) is 0 Å². The Morgan fingerprint density at radius 3 is 2.38 bits per heavy atom. The summed E-state index contributed by atoms with van der Waals surface area (Å²) in [5.74, 6) is 0. The molecule has 112 valence electrons. The highest BCUT2D eigenvalue weighted by Crippen LogP contribution is 2.31. The summed E-state index contributed by atoms with van der Waals surface area (Å²) in [7, 11) is 0. The molecular formula is C14H12ClF3N2O. The standard InChI is InChI=1S/C14H12ClF3N2O/c15-10-3-1-2-8(6-10)13(21)12(19)9-4-5-11(20-7-9)14(16,17)18/h1-7,12-13,21H,19H2/t12-,13?/m1/s1. The molecule has 1 aromatic heterocycles. The van der Waals surface area contributed by atoms with E-state index in [0.717, 1.165) is 12.3 Å². The highest BCUT2D eigenvalue weighted by Gasteiger charge is 2.32. The Hall–Kier alpha value is -1.63. The van der Waals surface area contributed by atoms with Crippen molar-refractivity contribution in [2.75, 3.05) is 0 Å². The van der Waals surface area contributed by atoms with Gasteiger partial charge >= 0.3 is 6.18 Å². The van der Waals surface area contributed by atoms with E-state index in [1.807, 2.05) is 0 Å². The Labute approximate surface area is 124 Å². The van der Waals surface area contributed by atoms with E-state index in [-0.39, 0.29) is 0 Å². The fourth-order valence-corrected chi connectivity index (χ4v) is 2.05. The van der Waals surface area contributed by atoms with Crippen LogP contribution in [0, 0.1) is 0 Å². The molecule has 0 aliphatic heterocycles. The third-order valence-electron chi connectivity index (χ3n) is 2.99. The summed E-state index contributed by atoms with van der Waals surface area (Å²) < 4.78 is 37.3. The van der Waals surface area contributed by atoms with Gasteiger partial charge in [-0.2, -0.15) is 13.2 Å². The van der Waals surface area contributed by atoms with Gasteiger partial charge in [0, 0.05) is 11.2 Å². The van der Waals surface area contributed by atoms with Gasteiger partial charge in [-0.05, 0) is 29.3 Å². The molecule has 0 saturated carbocycles.